The number of carbonyl (C=O) groups excluding carboxylic acids is 1. The van der Waals surface area contributed by atoms with Gasteiger partial charge in [-0.15, -0.1) is 10.2 Å². The largest absolute Gasteiger partial charge is 0.468 e. The lowest BCUT2D eigenvalue weighted by Crippen LogP contribution is -2.05. The summed E-state index contributed by atoms with van der Waals surface area (Å²) in [7, 11) is 1.38. The number of ether oxygens (including phenoxy) is 1. The van der Waals surface area contributed by atoms with E-state index in [-0.39, 0.29) is 11.7 Å². The summed E-state index contributed by atoms with van der Waals surface area (Å²) in [6.07, 6.45) is 0. The highest BCUT2D eigenvalue weighted by atomic mass is 79.9. The summed E-state index contributed by atoms with van der Waals surface area (Å²) in [5.74, 6) is 0.757. The number of aromatic nitrogens is 3. The first-order chi connectivity index (χ1) is 9.65. The summed E-state index contributed by atoms with van der Waals surface area (Å²) in [5, 5.41) is 9.08. The van der Waals surface area contributed by atoms with Gasteiger partial charge in [0.2, 0.25) is 0 Å². The van der Waals surface area contributed by atoms with Crippen LogP contribution in [-0.2, 0) is 16.1 Å². The minimum Gasteiger partial charge on any atom is -0.468 e. The number of halogens is 1. The summed E-state index contributed by atoms with van der Waals surface area (Å²) >= 11 is 4.74. The Hall–Kier alpha value is -1.34. The van der Waals surface area contributed by atoms with Crippen LogP contribution in [0.5, 0.6) is 0 Å². The minimum atomic E-state index is -0.272. The Morgan fingerprint density at radius 3 is 2.65 bits per heavy atom. The Bertz CT molecular complexity index is 598. The molecule has 0 spiro atoms. The van der Waals surface area contributed by atoms with Crippen LogP contribution >= 0.6 is 27.7 Å². The van der Waals surface area contributed by atoms with E-state index in [1.54, 1.807) is 0 Å². The molecule has 1 aromatic carbocycles. The quantitative estimate of drug-likeness (QED) is 0.609. The molecule has 0 aliphatic carbocycles. The van der Waals surface area contributed by atoms with Crippen molar-refractivity contribution in [3.8, 4) is 11.4 Å². The van der Waals surface area contributed by atoms with Gasteiger partial charge in [0.15, 0.2) is 11.0 Å². The first-order valence-corrected chi connectivity index (χ1v) is 7.82. The number of hydrogen-bond donors (Lipinski definition) is 0. The van der Waals surface area contributed by atoms with Gasteiger partial charge < -0.3 is 9.30 Å². The molecule has 1 heterocycles. The average molecular weight is 356 g/mol. The maximum absolute atomic E-state index is 11.2. The molecule has 0 aliphatic rings. The smallest absolute Gasteiger partial charge is 0.316 e. The molecule has 20 heavy (non-hydrogen) atoms. The molecule has 0 amide bonds. The topological polar surface area (TPSA) is 57.0 Å². The lowest BCUT2D eigenvalue weighted by Gasteiger charge is -2.07. The number of nitrogens with zero attached hydrogens (tertiary/aromatic N) is 3. The predicted molar refractivity (Wildman–Crippen MR) is 81.6 cm³/mol. The molecule has 0 aliphatic heterocycles. The van der Waals surface area contributed by atoms with Crippen LogP contribution in [0.2, 0.25) is 0 Å². The highest BCUT2D eigenvalue weighted by molar-refractivity contribution is 9.10. The van der Waals surface area contributed by atoms with Crippen LogP contribution in [0.15, 0.2) is 33.9 Å². The molecule has 1 aromatic heterocycles. The van der Waals surface area contributed by atoms with Gasteiger partial charge in [0.25, 0.3) is 0 Å². The first kappa shape index (κ1) is 15.1. The Balaban J connectivity index is 2.25. The number of benzene rings is 1. The van der Waals surface area contributed by atoms with Crippen molar-refractivity contribution in [2.75, 3.05) is 12.9 Å². The number of carbonyl (C=O) groups is 1. The van der Waals surface area contributed by atoms with Crippen molar-refractivity contribution in [1.82, 2.24) is 14.8 Å². The second-order valence-electron chi connectivity index (χ2n) is 3.92. The van der Waals surface area contributed by atoms with Crippen LogP contribution in [0.4, 0.5) is 0 Å². The zero-order valence-electron chi connectivity index (χ0n) is 11.2. The van der Waals surface area contributed by atoms with Crippen molar-refractivity contribution in [2.24, 2.45) is 0 Å². The molecule has 106 valence electrons. The number of rotatable bonds is 5. The van der Waals surface area contributed by atoms with Crippen LogP contribution < -0.4 is 0 Å². The maximum atomic E-state index is 11.2. The van der Waals surface area contributed by atoms with E-state index in [9.17, 15) is 4.79 Å². The third-order valence-electron chi connectivity index (χ3n) is 2.68. The highest BCUT2D eigenvalue weighted by Gasteiger charge is 2.14. The van der Waals surface area contributed by atoms with Crippen molar-refractivity contribution in [3.05, 3.63) is 28.7 Å². The van der Waals surface area contributed by atoms with Gasteiger partial charge in [0.1, 0.15) is 0 Å². The number of methoxy groups -OCH3 is 1. The van der Waals surface area contributed by atoms with Gasteiger partial charge in [-0.1, -0.05) is 39.8 Å². The summed E-state index contributed by atoms with van der Waals surface area (Å²) in [5.41, 5.74) is 0.993. The van der Waals surface area contributed by atoms with E-state index in [1.807, 2.05) is 35.8 Å². The Morgan fingerprint density at radius 1 is 1.35 bits per heavy atom. The van der Waals surface area contributed by atoms with Gasteiger partial charge >= 0.3 is 5.97 Å². The second-order valence-corrected chi connectivity index (χ2v) is 5.78. The van der Waals surface area contributed by atoms with Crippen molar-refractivity contribution in [3.63, 3.8) is 0 Å². The zero-order valence-corrected chi connectivity index (χ0v) is 13.6. The molecule has 2 rings (SSSR count). The molecule has 0 atom stereocenters. The van der Waals surface area contributed by atoms with Crippen molar-refractivity contribution in [2.45, 2.75) is 18.6 Å². The molecular weight excluding hydrogens is 342 g/mol. The fourth-order valence-corrected chi connectivity index (χ4v) is 2.77. The van der Waals surface area contributed by atoms with Gasteiger partial charge in [-0.3, -0.25) is 4.79 Å². The fourth-order valence-electron chi connectivity index (χ4n) is 1.68. The van der Waals surface area contributed by atoms with E-state index in [1.165, 1.54) is 18.9 Å². The Labute approximate surface area is 129 Å². The van der Waals surface area contributed by atoms with Gasteiger partial charge in [-0.25, -0.2) is 0 Å². The molecule has 5 nitrogen and oxygen atoms in total. The first-order valence-electron chi connectivity index (χ1n) is 6.04. The molecule has 0 radical (unpaired) electrons. The number of thioether (sulfide) groups is 1. The molecule has 7 heteroatoms. The van der Waals surface area contributed by atoms with Crippen LogP contribution in [0.3, 0.4) is 0 Å². The highest BCUT2D eigenvalue weighted by Crippen LogP contribution is 2.25. The van der Waals surface area contributed by atoms with E-state index in [0.717, 1.165) is 27.6 Å². The Kier molecular flexibility index (Phi) is 5.19. The van der Waals surface area contributed by atoms with E-state index < -0.39 is 0 Å². The summed E-state index contributed by atoms with van der Waals surface area (Å²) in [6.45, 7) is 2.76. The van der Waals surface area contributed by atoms with Gasteiger partial charge in [-0.2, -0.15) is 0 Å². The number of hydrogen-bond acceptors (Lipinski definition) is 5. The summed E-state index contributed by atoms with van der Waals surface area (Å²) in [6, 6.07) is 7.89. The van der Waals surface area contributed by atoms with Gasteiger partial charge in [0.05, 0.1) is 12.9 Å². The van der Waals surface area contributed by atoms with Crippen LogP contribution in [0.1, 0.15) is 6.92 Å². The molecule has 0 N–H and O–H groups in total. The maximum Gasteiger partial charge on any atom is 0.316 e. The second kappa shape index (κ2) is 6.90. The molecule has 0 saturated carbocycles. The zero-order chi connectivity index (χ0) is 14.5. The third kappa shape index (κ3) is 3.40. The predicted octanol–water partition coefficient (Wildman–Crippen LogP) is 2.99. The molecular formula is C13H14BrN3O2S. The van der Waals surface area contributed by atoms with Crippen LogP contribution in [0, 0.1) is 0 Å². The van der Waals surface area contributed by atoms with Crippen molar-refractivity contribution < 1.29 is 9.53 Å². The molecule has 0 fully saturated rings. The average Bonchev–Trinajstić information content (AvgIpc) is 2.88. The molecule has 0 bridgehead atoms. The van der Waals surface area contributed by atoms with Crippen LogP contribution in [0.25, 0.3) is 11.4 Å². The van der Waals surface area contributed by atoms with Gasteiger partial charge in [-0.05, 0) is 19.1 Å². The monoisotopic (exact) mass is 355 g/mol. The van der Waals surface area contributed by atoms with E-state index in [0.29, 0.717) is 0 Å². The number of esters is 1. The third-order valence-corrected chi connectivity index (χ3v) is 4.15. The summed E-state index contributed by atoms with van der Waals surface area (Å²) < 4.78 is 7.63. The SMILES string of the molecule is CCn1c(SCC(=O)OC)nnc1-c1ccc(Br)cc1. The fraction of sp³-hybridized carbons (Fsp3) is 0.308. The minimum absolute atomic E-state index is 0.231. The molecule has 0 saturated heterocycles. The Morgan fingerprint density at radius 2 is 2.05 bits per heavy atom. The van der Waals surface area contributed by atoms with Crippen molar-refractivity contribution in [1.29, 1.82) is 0 Å². The van der Waals surface area contributed by atoms with Crippen molar-refractivity contribution >= 4 is 33.7 Å². The van der Waals surface area contributed by atoms with E-state index in [4.69, 9.17) is 0 Å². The molecule has 0 unspecified atom stereocenters. The standard InChI is InChI=1S/C13H14BrN3O2S/c1-3-17-12(9-4-6-10(14)7-5-9)15-16-13(17)20-8-11(18)19-2/h4-7H,3,8H2,1-2H3. The van der Waals surface area contributed by atoms with Gasteiger partial charge in [0, 0.05) is 16.6 Å². The lowest BCUT2D eigenvalue weighted by atomic mass is 10.2. The van der Waals surface area contributed by atoms with E-state index >= 15 is 0 Å². The summed E-state index contributed by atoms with van der Waals surface area (Å²) in [4.78, 5) is 11.2. The normalized spacial score (nSPS) is 10.6. The van der Waals surface area contributed by atoms with Crippen LogP contribution in [-0.4, -0.2) is 33.6 Å². The van der Waals surface area contributed by atoms with E-state index in [2.05, 4.69) is 30.9 Å². The molecule has 2 aromatic rings. The lowest BCUT2D eigenvalue weighted by molar-refractivity contribution is -0.137.